The molecule has 0 unspecified atom stereocenters. The van der Waals surface area contributed by atoms with Gasteiger partial charge < -0.3 is 10.2 Å². The van der Waals surface area contributed by atoms with E-state index in [1.165, 1.54) is 35.2 Å². The summed E-state index contributed by atoms with van der Waals surface area (Å²) in [5.41, 5.74) is 3.75. The van der Waals surface area contributed by atoms with Crippen LogP contribution in [0.3, 0.4) is 0 Å². The molecule has 7 nitrogen and oxygen atoms in total. The molecule has 0 fully saturated rings. The maximum Gasteiger partial charge on any atom is 0.264 e. The summed E-state index contributed by atoms with van der Waals surface area (Å²) in [7, 11) is -4.25. The summed E-state index contributed by atoms with van der Waals surface area (Å²) in [4.78, 5) is 29.7. The molecule has 1 atom stereocenters. The maximum atomic E-state index is 14.5. The highest BCUT2D eigenvalue weighted by molar-refractivity contribution is 7.92. The summed E-state index contributed by atoms with van der Waals surface area (Å²) >= 11 is 12.5. The van der Waals surface area contributed by atoms with Crippen LogP contribution in [-0.4, -0.2) is 43.8 Å². The lowest BCUT2D eigenvalue weighted by atomic mass is 10.0. The molecule has 0 saturated heterocycles. The Morgan fingerprint density at radius 1 is 0.778 bits per heavy atom. The third-order valence-corrected chi connectivity index (χ3v) is 9.78. The van der Waals surface area contributed by atoms with Gasteiger partial charge in [-0.05, 0) is 69.2 Å². The number of benzene rings is 4. The molecule has 4 aromatic carbocycles. The molecule has 2 amide bonds. The second kappa shape index (κ2) is 15.0. The monoisotopic (exact) mass is 665 g/mol. The van der Waals surface area contributed by atoms with Crippen LogP contribution in [0.5, 0.6) is 0 Å². The number of carbonyl (C=O) groups excluding carboxylic acids is 2. The summed E-state index contributed by atoms with van der Waals surface area (Å²) in [6, 6.07) is 26.8. The first kappa shape index (κ1) is 34.0. The first-order valence-electron chi connectivity index (χ1n) is 14.6. The summed E-state index contributed by atoms with van der Waals surface area (Å²) in [6.45, 7) is 7.02. The van der Waals surface area contributed by atoms with Crippen LogP contribution in [0, 0.1) is 13.8 Å². The lowest BCUT2D eigenvalue weighted by Crippen LogP contribution is -2.54. The highest BCUT2D eigenvalue weighted by Crippen LogP contribution is 2.31. The molecule has 0 radical (unpaired) electrons. The average molecular weight is 667 g/mol. The maximum absolute atomic E-state index is 14.5. The molecule has 0 saturated carbocycles. The van der Waals surface area contributed by atoms with Crippen LogP contribution in [0.2, 0.25) is 10.0 Å². The van der Waals surface area contributed by atoms with Gasteiger partial charge in [0.05, 0.1) is 20.6 Å². The lowest BCUT2D eigenvalue weighted by molar-refractivity contribution is -0.140. The van der Waals surface area contributed by atoms with Gasteiger partial charge in [-0.25, -0.2) is 8.42 Å². The van der Waals surface area contributed by atoms with Crippen molar-refractivity contribution in [1.82, 2.24) is 10.2 Å². The fourth-order valence-electron chi connectivity index (χ4n) is 4.83. The SMILES string of the molecule is Cc1ccc(CN(C(=O)CN(c2ccc(Cl)c(Cl)c2)S(=O)(=O)c2ccc(C)cc2)[C@H](Cc2ccccc2)C(=O)NC(C)C)cc1. The fraction of sp³-hybridized carbons (Fsp3) is 0.257. The van der Waals surface area contributed by atoms with Crippen molar-refractivity contribution in [1.29, 1.82) is 0 Å². The van der Waals surface area contributed by atoms with Gasteiger partial charge in [0.2, 0.25) is 11.8 Å². The third kappa shape index (κ3) is 8.87. The van der Waals surface area contributed by atoms with Crippen LogP contribution in [0.4, 0.5) is 5.69 Å². The van der Waals surface area contributed by atoms with Gasteiger partial charge in [0.15, 0.2) is 0 Å². The quantitative estimate of drug-likeness (QED) is 0.177. The van der Waals surface area contributed by atoms with Crippen LogP contribution in [0.15, 0.2) is 102 Å². The van der Waals surface area contributed by atoms with E-state index in [2.05, 4.69) is 5.32 Å². The molecule has 0 aliphatic heterocycles. The molecule has 0 heterocycles. The first-order chi connectivity index (χ1) is 21.3. The number of halogens is 2. The molecule has 0 aromatic heterocycles. The van der Waals surface area contributed by atoms with Crippen molar-refractivity contribution < 1.29 is 18.0 Å². The number of nitrogens with one attached hydrogen (secondary N) is 1. The van der Waals surface area contributed by atoms with Crippen molar-refractivity contribution >= 4 is 50.7 Å². The van der Waals surface area contributed by atoms with Gasteiger partial charge in [0.1, 0.15) is 12.6 Å². The van der Waals surface area contributed by atoms with E-state index in [0.29, 0.717) is 0 Å². The second-order valence-electron chi connectivity index (χ2n) is 11.3. The zero-order chi connectivity index (χ0) is 32.7. The molecule has 0 spiro atoms. The van der Waals surface area contributed by atoms with Crippen LogP contribution in [0.1, 0.15) is 36.1 Å². The Kier molecular flexibility index (Phi) is 11.3. The Bertz CT molecular complexity index is 1730. The smallest absolute Gasteiger partial charge is 0.264 e. The minimum Gasteiger partial charge on any atom is -0.352 e. The minimum atomic E-state index is -4.25. The van der Waals surface area contributed by atoms with Crippen LogP contribution < -0.4 is 9.62 Å². The number of hydrogen-bond donors (Lipinski definition) is 1. The van der Waals surface area contributed by atoms with Gasteiger partial charge in [0.25, 0.3) is 10.0 Å². The third-order valence-electron chi connectivity index (χ3n) is 7.25. The molecular weight excluding hydrogens is 629 g/mol. The predicted molar refractivity (Wildman–Crippen MR) is 181 cm³/mol. The largest absolute Gasteiger partial charge is 0.352 e. The van der Waals surface area contributed by atoms with E-state index in [9.17, 15) is 18.0 Å². The molecule has 1 N–H and O–H groups in total. The molecule has 45 heavy (non-hydrogen) atoms. The molecule has 0 aliphatic carbocycles. The molecular formula is C35H37Cl2N3O4S. The minimum absolute atomic E-state index is 0.00967. The van der Waals surface area contributed by atoms with Crippen molar-refractivity contribution in [3.8, 4) is 0 Å². The zero-order valence-electron chi connectivity index (χ0n) is 25.7. The molecule has 4 rings (SSSR count). The van der Waals surface area contributed by atoms with Crippen LogP contribution >= 0.6 is 23.2 Å². The summed E-state index contributed by atoms with van der Waals surface area (Å²) < 4.78 is 29.3. The lowest BCUT2D eigenvalue weighted by Gasteiger charge is -2.34. The first-order valence-corrected chi connectivity index (χ1v) is 16.8. The number of amides is 2. The number of nitrogens with zero attached hydrogens (tertiary/aromatic N) is 2. The van der Waals surface area contributed by atoms with Gasteiger partial charge in [-0.1, -0.05) is 101 Å². The zero-order valence-corrected chi connectivity index (χ0v) is 28.0. The van der Waals surface area contributed by atoms with Gasteiger partial charge in [-0.15, -0.1) is 0 Å². The average Bonchev–Trinajstić information content (AvgIpc) is 3.00. The number of carbonyl (C=O) groups is 2. The Labute approximate surface area is 275 Å². The summed E-state index contributed by atoms with van der Waals surface area (Å²) in [6.07, 6.45) is 0.231. The van der Waals surface area contributed by atoms with Crippen LogP contribution in [-0.2, 0) is 32.6 Å². The number of aryl methyl sites for hydroxylation is 2. The Hall–Kier alpha value is -3.85. The van der Waals surface area contributed by atoms with Crippen molar-refractivity contribution in [2.75, 3.05) is 10.8 Å². The topological polar surface area (TPSA) is 86.8 Å². The molecule has 0 bridgehead atoms. The number of rotatable bonds is 12. The van der Waals surface area contributed by atoms with E-state index >= 15 is 0 Å². The molecule has 236 valence electrons. The number of sulfonamides is 1. The second-order valence-corrected chi connectivity index (χ2v) is 14.0. The standard InChI is InChI=1S/C35H37Cl2N3O4S/c1-24(2)38-35(42)33(20-27-8-6-5-7-9-27)39(22-28-14-10-25(3)11-15-28)34(41)23-40(29-16-19-31(36)32(37)21-29)45(43,44)30-17-12-26(4)13-18-30/h5-19,21,24,33H,20,22-23H2,1-4H3,(H,38,42)/t33-/m1/s1. The van der Waals surface area contributed by atoms with E-state index < -0.39 is 28.5 Å². The number of anilines is 1. The van der Waals surface area contributed by atoms with Gasteiger partial charge in [0, 0.05) is 19.0 Å². The van der Waals surface area contributed by atoms with Crippen molar-refractivity contribution in [2.45, 2.75) is 57.6 Å². The van der Waals surface area contributed by atoms with Crippen molar-refractivity contribution in [2.24, 2.45) is 0 Å². The summed E-state index contributed by atoms with van der Waals surface area (Å²) in [5, 5.41) is 3.34. The summed E-state index contributed by atoms with van der Waals surface area (Å²) in [5.74, 6) is -0.894. The molecule has 0 aliphatic rings. The van der Waals surface area contributed by atoms with E-state index in [0.717, 1.165) is 26.6 Å². The molecule has 10 heteroatoms. The molecule has 4 aromatic rings. The van der Waals surface area contributed by atoms with E-state index in [1.54, 1.807) is 12.1 Å². The Balaban J connectivity index is 1.82. The predicted octanol–water partition coefficient (Wildman–Crippen LogP) is 6.97. The Morgan fingerprint density at radius 2 is 1.38 bits per heavy atom. The van der Waals surface area contributed by atoms with Crippen LogP contribution in [0.25, 0.3) is 0 Å². The number of hydrogen-bond acceptors (Lipinski definition) is 4. The van der Waals surface area contributed by atoms with Gasteiger partial charge in [-0.2, -0.15) is 0 Å². The Morgan fingerprint density at radius 3 is 1.96 bits per heavy atom. The highest BCUT2D eigenvalue weighted by Gasteiger charge is 2.35. The van der Waals surface area contributed by atoms with E-state index in [1.807, 2.05) is 82.3 Å². The van der Waals surface area contributed by atoms with E-state index in [4.69, 9.17) is 23.2 Å². The normalized spacial score (nSPS) is 12.1. The van der Waals surface area contributed by atoms with Crippen molar-refractivity contribution in [3.63, 3.8) is 0 Å². The fourth-order valence-corrected chi connectivity index (χ4v) is 6.53. The van der Waals surface area contributed by atoms with E-state index in [-0.39, 0.29) is 45.5 Å². The van der Waals surface area contributed by atoms with Gasteiger partial charge in [-0.3, -0.25) is 13.9 Å². The highest BCUT2D eigenvalue weighted by atomic mass is 35.5. The van der Waals surface area contributed by atoms with Crippen molar-refractivity contribution in [3.05, 3.63) is 129 Å². The van der Waals surface area contributed by atoms with Gasteiger partial charge >= 0.3 is 0 Å².